The van der Waals surface area contributed by atoms with Gasteiger partial charge in [-0.15, -0.1) is 0 Å². The lowest BCUT2D eigenvalue weighted by molar-refractivity contribution is 0.893. The monoisotopic (exact) mass is 279 g/mol. The quantitative estimate of drug-likeness (QED) is 0.724. The van der Waals surface area contributed by atoms with E-state index in [0.717, 1.165) is 16.9 Å². The Balaban J connectivity index is 2.30. The molecule has 0 aliphatic heterocycles. The van der Waals surface area contributed by atoms with E-state index < -0.39 is 0 Å². The van der Waals surface area contributed by atoms with E-state index in [1.54, 1.807) is 4.57 Å². The number of aromatic nitrogens is 2. The minimum absolute atomic E-state index is 0.0333. The third-order valence-corrected chi connectivity index (χ3v) is 3.55. The summed E-state index contributed by atoms with van der Waals surface area (Å²) in [5.41, 5.74) is 2.59. The zero-order chi connectivity index (χ0) is 15.0. The van der Waals surface area contributed by atoms with Crippen molar-refractivity contribution in [3.8, 4) is 5.69 Å². The van der Waals surface area contributed by atoms with Crippen molar-refractivity contribution in [2.24, 2.45) is 0 Å². The van der Waals surface area contributed by atoms with Gasteiger partial charge >= 0.3 is 0 Å². The number of aryl methyl sites for hydroxylation is 1. The van der Waals surface area contributed by atoms with Gasteiger partial charge in [-0.3, -0.25) is 9.36 Å². The van der Waals surface area contributed by atoms with Crippen LogP contribution in [0.5, 0.6) is 0 Å². The summed E-state index contributed by atoms with van der Waals surface area (Å²) in [6.07, 6.45) is 0. The summed E-state index contributed by atoms with van der Waals surface area (Å²) < 4.78 is 1.66. The first-order valence-electron chi connectivity index (χ1n) is 6.84. The molecule has 1 heterocycles. The van der Waals surface area contributed by atoms with E-state index in [2.05, 4.69) is 4.98 Å². The van der Waals surface area contributed by atoms with Crippen molar-refractivity contribution in [2.75, 3.05) is 19.0 Å². The van der Waals surface area contributed by atoms with Crippen LogP contribution in [0.1, 0.15) is 5.82 Å². The molecule has 4 heteroatoms. The number of rotatable bonds is 2. The Labute approximate surface area is 123 Å². The van der Waals surface area contributed by atoms with Crippen LogP contribution in [-0.4, -0.2) is 23.6 Å². The summed E-state index contributed by atoms with van der Waals surface area (Å²) in [4.78, 5) is 19.3. The third-order valence-electron chi connectivity index (χ3n) is 3.55. The van der Waals surface area contributed by atoms with Crippen molar-refractivity contribution in [3.05, 3.63) is 64.7 Å². The zero-order valence-corrected chi connectivity index (χ0v) is 12.4. The molecule has 0 saturated carbocycles. The maximum Gasteiger partial charge on any atom is 0.265 e. The fraction of sp³-hybridized carbons (Fsp3) is 0.176. The van der Waals surface area contributed by atoms with Crippen LogP contribution >= 0.6 is 0 Å². The molecular formula is C17H17N3O. The molecule has 1 aromatic heterocycles. The molecule has 0 N–H and O–H groups in total. The van der Waals surface area contributed by atoms with Gasteiger partial charge in [0, 0.05) is 19.8 Å². The normalized spacial score (nSPS) is 10.8. The molecule has 21 heavy (non-hydrogen) atoms. The van der Waals surface area contributed by atoms with Crippen LogP contribution in [0.2, 0.25) is 0 Å². The largest absolute Gasteiger partial charge is 0.378 e. The van der Waals surface area contributed by atoms with Crippen molar-refractivity contribution >= 4 is 16.6 Å². The predicted octanol–water partition coefficient (Wildman–Crippen LogP) is 2.76. The second-order valence-corrected chi connectivity index (χ2v) is 5.23. The molecule has 3 aromatic rings. The number of hydrogen-bond donors (Lipinski definition) is 0. The fourth-order valence-corrected chi connectivity index (χ4v) is 2.46. The summed E-state index contributed by atoms with van der Waals surface area (Å²) in [7, 11) is 3.96. The molecule has 106 valence electrons. The highest BCUT2D eigenvalue weighted by Gasteiger charge is 2.10. The fourth-order valence-electron chi connectivity index (χ4n) is 2.46. The summed E-state index contributed by atoms with van der Waals surface area (Å²) >= 11 is 0. The predicted molar refractivity (Wildman–Crippen MR) is 86.4 cm³/mol. The molecular weight excluding hydrogens is 262 g/mol. The summed E-state index contributed by atoms with van der Waals surface area (Å²) in [5.74, 6) is 0.689. The van der Waals surface area contributed by atoms with Gasteiger partial charge in [0.25, 0.3) is 5.56 Å². The second kappa shape index (κ2) is 5.05. The Bertz CT molecular complexity index is 865. The first-order valence-corrected chi connectivity index (χ1v) is 6.84. The topological polar surface area (TPSA) is 38.1 Å². The van der Waals surface area contributed by atoms with Gasteiger partial charge in [0.05, 0.1) is 16.6 Å². The molecule has 4 nitrogen and oxygen atoms in total. The molecule has 0 bridgehead atoms. The standard InChI is InChI=1S/C17H17N3O/c1-12-18-16-10-5-4-9-15(16)17(21)20(12)14-8-6-7-13(11-14)19(2)3/h4-11H,1-3H3. The van der Waals surface area contributed by atoms with Crippen molar-refractivity contribution < 1.29 is 0 Å². The average Bonchev–Trinajstić information content (AvgIpc) is 2.47. The molecule has 0 fully saturated rings. The number of nitrogens with zero attached hydrogens (tertiary/aromatic N) is 3. The third kappa shape index (κ3) is 2.29. The van der Waals surface area contributed by atoms with E-state index in [4.69, 9.17) is 0 Å². The van der Waals surface area contributed by atoms with Crippen LogP contribution in [0, 0.1) is 6.92 Å². The second-order valence-electron chi connectivity index (χ2n) is 5.23. The van der Waals surface area contributed by atoms with Crippen LogP contribution in [-0.2, 0) is 0 Å². The Morgan fingerprint density at radius 1 is 1.05 bits per heavy atom. The average molecular weight is 279 g/mol. The molecule has 0 aliphatic carbocycles. The van der Waals surface area contributed by atoms with Gasteiger partial charge in [-0.05, 0) is 37.3 Å². The summed E-state index contributed by atoms with van der Waals surface area (Å²) in [5, 5.41) is 0.637. The van der Waals surface area contributed by atoms with Crippen molar-refractivity contribution in [1.29, 1.82) is 0 Å². The summed E-state index contributed by atoms with van der Waals surface area (Å²) in [6.45, 7) is 1.86. The highest BCUT2D eigenvalue weighted by Crippen LogP contribution is 2.18. The minimum Gasteiger partial charge on any atom is -0.378 e. The van der Waals surface area contributed by atoms with E-state index in [0.29, 0.717) is 11.2 Å². The molecule has 0 saturated heterocycles. The molecule has 0 radical (unpaired) electrons. The number of benzene rings is 2. The first-order chi connectivity index (χ1) is 10.1. The Morgan fingerprint density at radius 3 is 2.57 bits per heavy atom. The van der Waals surface area contributed by atoms with Gasteiger partial charge in [-0.1, -0.05) is 18.2 Å². The van der Waals surface area contributed by atoms with E-state index >= 15 is 0 Å². The van der Waals surface area contributed by atoms with Crippen LogP contribution in [0.4, 0.5) is 5.69 Å². The van der Waals surface area contributed by atoms with Gasteiger partial charge < -0.3 is 4.90 Å². The molecule has 0 unspecified atom stereocenters. The van der Waals surface area contributed by atoms with Crippen LogP contribution in [0.25, 0.3) is 16.6 Å². The molecule has 2 aromatic carbocycles. The van der Waals surface area contributed by atoms with Gasteiger partial charge in [-0.2, -0.15) is 0 Å². The first kappa shape index (κ1) is 13.4. The van der Waals surface area contributed by atoms with Crippen molar-refractivity contribution in [1.82, 2.24) is 9.55 Å². The molecule has 3 rings (SSSR count). The van der Waals surface area contributed by atoms with E-state index in [9.17, 15) is 4.79 Å². The van der Waals surface area contributed by atoms with Gasteiger partial charge in [-0.25, -0.2) is 4.98 Å². The SMILES string of the molecule is Cc1nc2ccccc2c(=O)n1-c1cccc(N(C)C)c1. The van der Waals surface area contributed by atoms with E-state index in [-0.39, 0.29) is 5.56 Å². The number of fused-ring (bicyclic) bond motifs is 1. The van der Waals surface area contributed by atoms with Gasteiger partial charge in [0.15, 0.2) is 0 Å². The lowest BCUT2D eigenvalue weighted by Crippen LogP contribution is -2.22. The van der Waals surface area contributed by atoms with Crippen LogP contribution in [0.3, 0.4) is 0 Å². The van der Waals surface area contributed by atoms with Crippen molar-refractivity contribution in [3.63, 3.8) is 0 Å². The minimum atomic E-state index is -0.0333. The lowest BCUT2D eigenvalue weighted by atomic mass is 10.2. The lowest BCUT2D eigenvalue weighted by Gasteiger charge is -2.16. The van der Waals surface area contributed by atoms with Crippen molar-refractivity contribution in [2.45, 2.75) is 6.92 Å². The number of para-hydroxylation sites is 1. The Morgan fingerprint density at radius 2 is 1.81 bits per heavy atom. The molecule has 0 aliphatic rings. The Kier molecular flexibility index (Phi) is 3.22. The van der Waals surface area contributed by atoms with Gasteiger partial charge in [0.2, 0.25) is 0 Å². The zero-order valence-electron chi connectivity index (χ0n) is 12.4. The maximum absolute atomic E-state index is 12.7. The van der Waals surface area contributed by atoms with Crippen LogP contribution < -0.4 is 10.5 Å². The van der Waals surface area contributed by atoms with E-state index in [1.165, 1.54) is 0 Å². The highest BCUT2D eigenvalue weighted by molar-refractivity contribution is 5.77. The number of anilines is 1. The smallest absolute Gasteiger partial charge is 0.265 e. The molecule has 0 amide bonds. The Hall–Kier alpha value is -2.62. The van der Waals surface area contributed by atoms with Crippen LogP contribution in [0.15, 0.2) is 53.3 Å². The molecule has 0 atom stereocenters. The van der Waals surface area contributed by atoms with Gasteiger partial charge in [0.1, 0.15) is 5.82 Å². The maximum atomic E-state index is 12.7. The molecule has 0 spiro atoms. The van der Waals surface area contributed by atoms with E-state index in [1.807, 2.05) is 74.4 Å². The number of hydrogen-bond acceptors (Lipinski definition) is 3. The summed E-state index contributed by atoms with van der Waals surface area (Å²) in [6, 6.07) is 15.3. The highest BCUT2D eigenvalue weighted by atomic mass is 16.1.